The maximum atomic E-state index is 12.9. The van der Waals surface area contributed by atoms with E-state index in [4.69, 9.17) is 5.73 Å². The number of carbonyl (C=O) groups excluding carboxylic acids is 1. The molecule has 100 valence electrons. The molecule has 0 fully saturated rings. The fourth-order valence-corrected chi connectivity index (χ4v) is 1.65. The van der Waals surface area contributed by atoms with Crippen molar-refractivity contribution < 1.29 is 13.6 Å². The van der Waals surface area contributed by atoms with Crippen LogP contribution in [0.5, 0.6) is 0 Å². The molecule has 0 aliphatic rings. The molecule has 0 radical (unpaired) electrons. The number of halogens is 2. The molecule has 0 aliphatic heterocycles. The Morgan fingerprint density at radius 1 is 1.33 bits per heavy atom. The van der Waals surface area contributed by atoms with Gasteiger partial charge in [0.1, 0.15) is 0 Å². The van der Waals surface area contributed by atoms with E-state index in [1.807, 2.05) is 13.8 Å². The Morgan fingerprint density at radius 3 is 2.56 bits per heavy atom. The van der Waals surface area contributed by atoms with Gasteiger partial charge in [0.05, 0.1) is 0 Å². The van der Waals surface area contributed by atoms with Gasteiger partial charge in [-0.05, 0) is 30.5 Å². The van der Waals surface area contributed by atoms with Crippen molar-refractivity contribution in [1.82, 2.24) is 5.32 Å². The van der Waals surface area contributed by atoms with Crippen LogP contribution in [-0.2, 0) is 0 Å². The second-order valence-corrected chi connectivity index (χ2v) is 4.73. The van der Waals surface area contributed by atoms with Crippen LogP contribution >= 0.6 is 0 Å². The summed E-state index contributed by atoms with van der Waals surface area (Å²) in [5, 5.41) is 2.60. The second-order valence-electron chi connectivity index (χ2n) is 4.73. The molecular formula is C13H18F2N2O. The summed E-state index contributed by atoms with van der Waals surface area (Å²) < 4.78 is 25.6. The zero-order chi connectivity index (χ0) is 13.7. The van der Waals surface area contributed by atoms with Gasteiger partial charge in [-0.3, -0.25) is 4.79 Å². The fourth-order valence-electron chi connectivity index (χ4n) is 1.65. The Balaban J connectivity index is 2.52. The van der Waals surface area contributed by atoms with Crippen molar-refractivity contribution in [3.63, 3.8) is 0 Å². The third-order valence-electron chi connectivity index (χ3n) is 2.48. The number of carbonyl (C=O) groups is 1. The molecule has 0 heterocycles. The van der Waals surface area contributed by atoms with E-state index in [2.05, 4.69) is 5.32 Å². The number of hydrogen-bond acceptors (Lipinski definition) is 2. The average molecular weight is 256 g/mol. The summed E-state index contributed by atoms with van der Waals surface area (Å²) in [5.74, 6) is -2.01. The highest BCUT2D eigenvalue weighted by molar-refractivity contribution is 5.94. The van der Waals surface area contributed by atoms with Gasteiger partial charge in [0.15, 0.2) is 11.6 Å². The van der Waals surface area contributed by atoms with E-state index in [-0.39, 0.29) is 11.6 Å². The largest absolute Gasteiger partial charge is 0.350 e. The Kier molecular flexibility index (Phi) is 5.22. The van der Waals surface area contributed by atoms with Gasteiger partial charge in [0.2, 0.25) is 0 Å². The van der Waals surface area contributed by atoms with Crippen LogP contribution in [0.3, 0.4) is 0 Å². The van der Waals surface area contributed by atoms with Gasteiger partial charge in [-0.25, -0.2) is 8.78 Å². The lowest BCUT2D eigenvalue weighted by Crippen LogP contribution is -2.38. The normalized spacial score (nSPS) is 12.6. The first kappa shape index (κ1) is 14.6. The van der Waals surface area contributed by atoms with Crippen molar-refractivity contribution in [3.05, 3.63) is 35.4 Å². The third kappa shape index (κ3) is 4.41. The number of amides is 1. The van der Waals surface area contributed by atoms with E-state index in [1.165, 1.54) is 6.07 Å². The van der Waals surface area contributed by atoms with Crippen LogP contribution < -0.4 is 11.1 Å². The van der Waals surface area contributed by atoms with Crippen LogP contribution in [-0.4, -0.2) is 18.5 Å². The molecule has 3 N–H and O–H groups in total. The lowest BCUT2D eigenvalue weighted by molar-refractivity contribution is 0.0949. The van der Waals surface area contributed by atoms with Crippen LogP contribution in [0.4, 0.5) is 8.78 Å². The number of nitrogens with two attached hydrogens (primary N) is 1. The van der Waals surface area contributed by atoms with Crippen molar-refractivity contribution in [2.75, 3.05) is 6.54 Å². The van der Waals surface area contributed by atoms with Gasteiger partial charge in [0.25, 0.3) is 5.91 Å². The van der Waals surface area contributed by atoms with Crippen molar-refractivity contribution in [2.45, 2.75) is 26.3 Å². The van der Waals surface area contributed by atoms with Crippen LogP contribution in [0.1, 0.15) is 30.6 Å². The standard InChI is InChI=1S/C13H18F2N2O/c1-8(2)5-10(16)7-17-13(18)9-3-4-11(14)12(15)6-9/h3-4,6,8,10H,5,7,16H2,1-2H3,(H,17,18). The highest BCUT2D eigenvalue weighted by Gasteiger charge is 2.11. The average Bonchev–Trinajstić information content (AvgIpc) is 2.28. The van der Waals surface area contributed by atoms with E-state index < -0.39 is 17.5 Å². The Hall–Kier alpha value is -1.49. The Labute approximate surface area is 105 Å². The molecular weight excluding hydrogens is 238 g/mol. The van der Waals surface area contributed by atoms with E-state index in [0.717, 1.165) is 18.6 Å². The molecule has 18 heavy (non-hydrogen) atoms. The van der Waals surface area contributed by atoms with Crippen LogP contribution in [0.15, 0.2) is 18.2 Å². The highest BCUT2D eigenvalue weighted by atomic mass is 19.2. The van der Waals surface area contributed by atoms with Crippen molar-refractivity contribution in [1.29, 1.82) is 0 Å². The zero-order valence-corrected chi connectivity index (χ0v) is 10.5. The third-order valence-corrected chi connectivity index (χ3v) is 2.48. The second kappa shape index (κ2) is 6.44. The van der Waals surface area contributed by atoms with E-state index in [9.17, 15) is 13.6 Å². The molecule has 0 aromatic heterocycles. The summed E-state index contributed by atoms with van der Waals surface area (Å²) >= 11 is 0. The fraction of sp³-hybridized carbons (Fsp3) is 0.462. The number of hydrogen-bond donors (Lipinski definition) is 2. The Bertz CT molecular complexity index is 421. The summed E-state index contributed by atoms with van der Waals surface area (Å²) in [5.41, 5.74) is 5.89. The molecule has 1 aromatic rings. The molecule has 0 saturated carbocycles. The van der Waals surface area contributed by atoms with Crippen LogP contribution in [0, 0.1) is 17.6 Å². The zero-order valence-electron chi connectivity index (χ0n) is 10.5. The van der Waals surface area contributed by atoms with Gasteiger partial charge >= 0.3 is 0 Å². The van der Waals surface area contributed by atoms with E-state index >= 15 is 0 Å². The molecule has 3 nitrogen and oxygen atoms in total. The molecule has 0 saturated heterocycles. The predicted molar refractivity (Wildman–Crippen MR) is 66.1 cm³/mol. The first-order chi connectivity index (χ1) is 8.40. The van der Waals surface area contributed by atoms with Gasteiger partial charge in [-0.15, -0.1) is 0 Å². The molecule has 0 aliphatic carbocycles. The first-order valence-electron chi connectivity index (χ1n) is 5.89. The summed E-state index contributed by atoms with van der Waals surface area (Å²) in [4.78, 5) is 11.6. The first-order valence-corrected chi connectivity index (χ1v) is 5.89. The van der Waals surface area contributed by atoms with Gasteiger partial charge in [0, 0.05) is 18.2 Å². The summed E-state index contributed by atoms with van der Waals surface area (Å²) in [6, 6.07) is 2.90. The van der Waals surface area contributed by atoms with Gasteiger partial charge in [-0.2, -0.15) is 0 Å². The monoisotopic (exact) mass is 256 g/mol. The predicted octanol–water partition coefficient (Wildman–Crippen LogP) is 2.07. The Morgan fingerprint density at radius 2 is 2.00 bits per heavy atom. The molecule has 1 unspecified atom stereocenters. The smallest absolute Gasteiger partial charge is 0.251 e. The minimum Gasteiger partial charge on any atom is -0.350 e. The van der Waals surface area contributed by atoms with Crippen LogP contribution in [0.2, 0.25) is 0 Å². The number of nitrogens with one attached hydrogen (secondary N) is 1. The molecule has 1 aromatic carbocycles. The van der Waals surface area contributed by atoms with E-state index in [0.29, 0.717) is 12.5 Å². The summed E-state index contributed by atoms with van der Waals surface area (Å²) in [7, 11) is 0. The summed E-state index contributed by atoms with van der Waals surface area (Å²) in [6.45, 7) is 4.39. The highest BCUT2D eigenvalue weighted by Crippen LogP contribution is 2.08. The van der Waals surface area contributed by atoms with Crippen molar-refractivity contribution in [2.24, 2.45) is 11.7 Å². The maximum absolute atomic E-state index is 12.9. The topological polar surface area (TPSA) is 55.1 Å². The maximum Gasteiger partial charge on any atom is 0.251 e. The van der Waals surface area contributed by atoms with Crippen LogP contribution in [0.25, 0.3) is 0 Å². The molecule has 5 heteroatoms. The quantitative estimate of drug-likeness (QED) is 0.847. The molecule has 1 rings (SSSR count). The lowest BCUT2D eigenvalue weighted by atomic mass is 10.0. The van der Waals surface area contributed by atoms with Crippen molar-refractivity contribution >= 4 is 5.91 Å². The minimum absolute atomic E-state index is 0.0886. The number of benzene rings is 1. The minimum atomic E-state index is -1.03. The molecule has 1 amide bonds. The number of rotatable bonds is 5. The molecule has 0 bridgehead atoms. The molecule has 1 atom stereocenters. The SMILES string of the molecule is CC(C)CC(N)CNC(=O)c1ccc(F)c(F)c1. The van der Waals surface area contributed by atoms with Crippen molar-refractivity contribution in [3.8, 4) is 0 Å². The van der Waals surface area contributed by atoms with E-state index in [1.54, 1.807) is 0 Å². The van der Waals surface area contributed by atoms with Gasteiger partial charge in [-0.1, -0.05) is 13.8 Å². The lowest BCUT2D eigenvalue weighted by Gasteiger charge is -2.14. The molecule has 0 spiro atoms. The summed E-state index contributed by atoms with van der Waals surface area (Å²) in [6.07, 6.45) is 0.790. The van der Waals surface area contributed by atoms with Gasteiger partial charge < -0.3 is 11.1 Å².